The highest BCUT2D eigenvalue weighted by molar-refractivity contribution is 5.76. The lowest BCUT2D eigenvalue weighted by Gasteiger charge is -2.35. The number of methoxy groups -OCH3 is 1. The van der Waals surface area contributed by atoms with E-state index >= 15 is 0 Å². The monoisotopic (exact) mass is 459 g/mol. The molecule has 2 heterocycles. The molecule has 9 nitrogen and oxygen atoms in total. The van der Waals surface area contributed by atoms with Gasteiger partial charge in [-0.05, 0) is 38.1 Å². The predicted molar refractivity (Wildman–Crippen MR) is 125 cm³/mol. The zero-order valence-electron chi connectivity index (χ0n) is 20.2. The SMILES string of the molecule is COc1ccc(CN(C)C[C@H]2OCc3cnnn3CCCC(=O)N([C@H](C)CO)C[C@H]2C)cc1. The zero-order chi connectivity index (χ0) is 23.8. The molecule has 0 radical (unpaired) electrons. The molecule has 182 valence electrons. The fourth-order valence-corrected chi connectivity index (χ4v) is 4.16. The van der Waals surface area contributed by atoms with Crippen molar-refractivity contribution < 1.29 is 19.4 Å². The highest BCUT2D eigenvalue weighted by atomic mass is 16.5. The molecule has 0 bridgehead atoms. The number of carbonyl (C=O) groups is 1. The average Bonchev–Trinajstić information content (AvgIpc) is 3.26. The van der Waals surface area contributed by atoms with Crippen LogP contribution in [0.25, 0.3) is 0 Å². The van der Waals surface area contributed by atoms with Crippen LogP contribution in [0.1, 0.15) is 37.9 Å². The van der Waals surface area contributed by atoms with Gasteiger partial charge in [0.15, 0.2) is 0 Å². The Bertz CT molecular complexity index is 872. The molecule has 9 heteroatoms. The van der Waals surface area contributed by atoms with Gasteiger partial charge in [-0.2, -0.15) is 0 Å². The van der Waals surface area contributed by atoms with Gasteiger partial charge in [0.1, 0.15) is 5.75 Å². The summed E-state index contributed by atoms with van der Waals surface area (Å²) >= 11 is 0. The lowest BCUT2D eigenvalue weighted by molar-refractivity contribution is -0.136. The molecular formula is C24H37N5O4. The van der Waals surface area contributed by atoms with E-state index in [1.165, 1.54) is 5.56 Å². The summed E-state index contributed by atoms with van der Waals surface area (Å²) in [5.74, 6) is 0.964. The zero-order valence-corrected chi connectivity index (χ0v) is 20.2. The van der Waals surface area contributed by atoms with E-state index in [-0.39, 0.29) is 30.6 Å². The lowest BCUT2D eigenvalue weighted by Crippen LogP contribution is -2.47. The van der Waals surface area contributed by atoms with Gasteiger partial charge < -0.3 is 19.5 Å². The van der Waals surface area contributed by atoms with E-state index in [2.05, 4.69) is 41.3 Å². The normalized spacial score (nSPS) is 21.3. The molecule has 2 aromatic rings. The minimum atomic E-state index is -0.234. The van der Waals surface area contributed by atoms with Gasteiger partial charge in [0.2, 0.25) is 5.91 Å². The first kappa shape index (κ1) is 25.1. The number of aryl methyl sites for hydroxylation is 1. The van der Waals surface area contributed by atoms with Crippen LogP contribution in [-0.2, 0) is 29.2 Å². The Kier molecular flexibility index (Phi) is 9.22. The number of hydrogen-bond acceptors (Lipinski definition) is 7. The number of amides is 1. The third kappa shape index (κ3) is 6.99. The van der Waals surface area contributed by atoms with E-state index < -0.39 is 0 Å². The van der Waals surface area contributed by atoms with Crippen molar-refractivity contribution in [3.63, 3.8) is 0 Å². The molecule has 3 rings (SSSR count). The Labute approximate surface area is 196 Å². The first-order chi connectivity index (χ1) is 15.9. The summed E-state index contributed by atoms with van der Waals surface area (Å²) in [4.78, 5) is 17.0. The van der Waals surface area contributed by atoms with Crippen molar-refractivity contribution in [3.8, 4) is 5.75 Å². The third-order valence-electron chi connectivity index (χ3n) is 6.24. The fourth-order valence-electron chi connectivity index (χ4n) is 4.16. The molecule has 1 aromatic carbocycles. The van der Waals surface area contributed by atoms with E-state index in [1.54, 1.807) is 18.2 Å². The smallest absolute Gasteiger partial charge is 0.222 e. The van der Waals surface area contributed by atoms with Gasteiger partial charge in [-0.15, -0.1) is 5.10 Å². The van der Waals surface area contributed by atoms with Crippen LogP contribution in [0.2, 0.25) is 0 Å². The van der Waals surface area contributed by atoms with Crippen LogP contribution >= 0.6 is 0 Å². The van der Waals surface area contributed by atoms with Crippen LogP contribution in [-0.4, -0.2) is 81.8 Å². The van der Waals surface area contributed by atoms with E-state index in [0.29, 0.717) is 39.1 Å². The second-order valence-corrected chi connectivity index (χ2v) is 9.00. The van der Waals surface area contributed by atoms with Gasteiger partial charge in [-0.1, -0.05) is 24.3 Å². The Morgan fingerprint density at radius 1 is 1.33 bits per heavy atom. The van der Waals surface area contributed by atoms with Crippen molar-refractivity contribution in [2.75, 3.05) is 33.9 Å². The molecule has 1 aliphatic rings. The fraction of sp³-hybridized carbons (Fsp3) is 0.625. The lowest BCUT2D eigenvalue weighted by atomic mass is 10.0. The average molecular weight is 460 g/mol. The Morgan fingerprint density at radius 2 is 2.09 bits per heavy atom. The summed E-state index contributed by atoms with van der Waals surface area (Å²) < 4.78 is 13.5. The summed E-state index contributed by atoms with van der Waals surface area (Å²) in [6, 6.07) is 7.82. The Hall–Kier alpha value is -2.49. The number of benzene rings is 1. The van der Waals surface area contributed by atoms with Crippen LogP contribution in [0.4, 0.5) is 0 Å². The molecule has 0 spiro atoms. The number of aliphatic hydroxyl groups is 1. The largest absolute Gasteiger partial charge is 0.497 e. The summed E-state index contributed by atoms with van der Waals surface area (Å²) in [5, 5.41) is 17.9. The molecule has 0 unspecified atom stereocenters. The molecule has 1 amide bonds. The van der Waals surface area contributed by atoms with E-state index in [4.69, 9.17) is 9.47 Å². The van der Waals surface area contributed by atoms with Crippen molar-refractivity contribution in [1.82, 2.24) is 24.8 Å². The number of aliphatic hydroxyl groups excluding tert-OH is 1. The molecule has 0 fully saturated rings. The molecule has 1 aromatic heterocycles. The number of ether oxygens (including phenoxy) is 2. The number of carbonyl (C=O) groups excluding carboxylic acids is 1. The first-order valence-corrected chi connectivity index (χ1v) is 11.6. The van der Waals surface area contributed by atoms with Gasteiger partial charge in [-0.3, -0.25) is 9.69 Å². The van der Waals surface area contributed by atoms with E-state index in [0.717, 1.165) is 18.0 Å². The molecular weight excluding hydrogens is 422 g/mol. The maximum Gasteiger partial charge on any atom is 0.222 e. The standard InChI is InChI=1S/C24H37N5O4/c1-18-13-28(19(2)16-30)24(31)6-5-11-29-21(12-25-26-29)17-33-23(18)15-27(3)14-20-7-9-22(32-4)10-8-20/h7-10,12,18-19,23,30H,5-6,11,13-17H2,1-4H3/t18-,19-,23-/m1/s1. The molecule has 33 heavy (non-hydrogen) atoms. The van der Waals surface area contributed by atoms with Crippen molar-refractivity contribution >= 4 is 5.91 Å². The summed E-state index contributed by atoms with van der Waals surface area (Å²) in [7, 11) is 3.73. The summed E-state index contributed by atoms with van der Waals surface area (Å²) in [5.41, 5.74) is 2.10. The Balaban J connectivity index is 1.75. The van der Waals surface area contributed by atoms with Crippen molar-refractivity contribution in [2.24, 2.45) is 5.92 Å². The van der Waals surface area contributed by atoms with Crippen LogP contribution < -0.4 is 4.74 Å². The van der Waals surface area contributed by atoms with Gasteiger partial charge >= 0.3 is 0 Å². The number of rotatable bonds is 7. The van der Waals surface area contributed by atoms with Gasteiger partial charge in [0.25, 0.3) is 0 Å². The third-order valence-corrected chi connectivity index (χ3v) is 6.24. The van der Waals surface area contributed by atoms with Crippen molar-refractivity contribution in [2.45, 2.75) is 58.5 Å². The molecule has 1 N–H and O–H groups in total. The van der Waals surface area contributed by atoms with Crippen LogP contribution in [0.15, 0.2) is 30.5 Å². The molecule has 1 aliphatic heterocycles. The van der Waals surface area contributed by atoms with E-state index in [9.17, 15) is 9.90 Å². The first-order valence-electron chi connectivity index (χ1n) is 11.6. The number of nitrogens with zero attached hydrogens (tertiary/aromatic N) is 5. The molecule has 0 saturated carbocycles. The maximum absolute atomic E-state index is 13.0. The molecule has 0 aliphatic carbocycles. The second kappa shape index (κ2) is 12.1. The minimum absolute atomic E-state index is 0.0518. The number of hydrogen-bond donors (Lipinski definition) is 1. The van der Waals surface area contributed by atoms with Crippen molar-refractivity contribution in [3.05, 3.63) is 41.7 Å². The number of aromatic nitrogens is 3. The highest BCUT2D eigenvalue weighted by Crippen LogP contribution is 2.19. The van der Waals surface area contributed by atoms with Crippen LogP contribution in [0, 0.1) is 5.92 Å². The van der Waals surface area contributed by atoms with Gasteiger partial charge in [-0.25, -0.2) is 4.68 Å². The van der Waals surface area contributed by atoms with Gasteiger partial charge in [0, 0.05) is 38.5 Å². The second-order valence-electron chi connectivity index (χ2n) is 9.00. The molecule has 0 saturated heterocycles. The Morgan fingerprint density at radius 3 is 2.79 bits per heavy atom. The summed E-state index contributed by atoms with van der Waals surface area (Å²) in [6.45, 7) is 6.98. The topological polar surface area (TPSA) is 93.0 Å². The highest BCUT2D eigenvalue weighted by Gasteiger charge is 2.28. The summed E-state index contributed by atoms with van der Waals surface area (Å²) in [6.07, 6.45) is 2.71. The van der Waals surface area contributed by atoms with Crippen LogP contribution in [0.5, 0.6) is 5.75 Å². The van der Waals surface area contributed by atoms with E-state index in [1.807, 2.05) is 23.7 Å². The van der Waals surface area contributed by atoms with Crippen molar-refractivity contribution in [1.29, 1.82) is 0 Å². The van der Waals surface area contributed by atoms with Gasteiger partial charge in [0.05, 0.1) is 44.4 Å². The maximum atomic E-state index is 13.0. The van der Waals surface area contributed by atoms with Crippen LogP contribution in [0.3, 0.4) is 0 Å². The quantitative estimate of drug-likeness (QED) is 0.676. The number of likely N-dealkylation sites (N-methyl/N-ethyl adjacent to an activating group) is 1. The predicted octanol–water partition coefficient (Wildman–Crippen LogP) is 1.94. The minimum Gasteiger partial charge on any atom is -0.497 e. The number of fused-ring (bicyclic) bond motifs is 1. The molecule has 3 atom stereocenters.